The van der Waals surface area contributed by atoms with Gasteiger partial charge in [-0.3, -0.25) is 9.59 Å². The molecule has 1 saturated heterocycles. The Kier molecular flexibility index (Phi) is 4.30. The standard InChI is InChI=1S/C18H19NO4/c20-16(19-18(11-17(21)22)7-8-23-12-18)10-13-5-6-14-3-1-2-4-15(14)9-13/h1-6,9H,7-8,10-12H2,(H,19,20)(H,21,22). The fourth-order valence-electron chi connectivity index (χ4n) is 3.05. The van der Waals surface area contributed by atoms with Crippen molar-refractivity contribution >= 4 is 22.6 Å². The van der Waals surface area contributed by atoms with Crippen LogP contribution in [-0.2, 0) is 20.7 Å². The van der Waals surface area contributed by atoms with E-state index in [1.165, 1.54) is 0 Å². The minimum Gasteiger partial charge on any atom is -0.481 e. The fraction of sp³-hybridized carbons (Fsp3) is 0.333. The van der Waals surface area contributed by atoms with E-state index < -0.39 is 11.5 Å². The van der Waals surface area contributed by atoms with Gasteiger partial charge in [-0.05, 0) is 22.8 Å². The zero-order valence-electron chi connectivity index (χ0n) is 12.7. The third-order valence-corrected chi connectivity index (χ3v) is 4.18. The molecule has 1 heterocycles. The number of hydrogen-bond acceptors (Lipinski definition) is 3. The predicted octanol–water partition coefficient (Wildman–Crippen LogP) is 2.13. The summed E-state index contributed by atoms with van der Waals surface area (Å²) in [4.78, 5) is 23.4. The van der Waals surface area contributed by atoms with Gasteiger partial charge >= 0.3 is 5.97 Å². The minimum absolute atomic E-state index is 0.115. The highest BCUT2D eigenvalue weighted by atomic mass is 16.5. The van der Waals surface area contributed by atoms with E-state index in [-0.39, 0.29) is 25.4 Å². The van der Waals surface area contributed by atoms with E-state index in [0.717, 1.165) is 16.3 Å². The average Bonchev–Trinajstić information content (AvgIpc) is 2.94. The molecule has 1 unspecified atom stereocenters. The van der Waals surface area contributed by atoms with Crippen LogP contribution in [0.2, 0.25) is 0 Å². The molecule has 2 N–H and O–H groups in total. The third kappa shape index (κ3) is 3.68. The molecule has 2 aromatic carbocycles. The number of carboxylic acids is 1. The largest absolute Gasteiger partial charge is 0.481 e. The summed E-state index contributed by atoms with van der Waals surface area (Å²) in [5, 5.41) is 14.1. The van der Waals surface area contributed by atoms with Crippen molar-refractivity contribution in [1.82, 2.24) is 5.32 Å². The number of rotatable bonds is 5. The van der Waals surface area contributed by atoms with E-state index in [1.807, 2.05) is 42.5 Å². The number of aliphatic carboxylic acids is 1. The van der Waals surface area contributed by atoms with E-state index in [1.54, 1.807) is 0 Å². The second-order valence-corrected chi connectivity index (χ2v) is 6.06. The lowest BCUT2D eigenvalue weighted by atomic mass is 9.93. The molecule has 0 radical (unpaired) electrons. The Balaban J connectivity index is 1.71. The van der Waals surface area contributed by atoms with Crippen molar-refractivity contribution in [3.63, 3.8) is 0 Å². The highest BCUT2D eigenvalue weighted by molar-refractivity contribution is 5.86. The van der Waals surface area contributed by atoms with Gasteiger partial charge in [0.2, 0.25) is 5.91 Å². The van der Waals surface area contributed by atoms with Crippen molar-refractivity contribution in [2.24, 2.45) is 0 Å². The van der Waals surface area contributed by atoms with Crippen LogP contribution in [0.1, 0.15) is 18.4 Å². The monoisotopic (exact) mass is 313 g/mol. The molecule has 2 aromatic rings. The molecule has 0 saturated carbocycles. The zero-order valence-corrected chi connectivity index (χ0v) is 12.7. The lowest BCUT2D eigenvalue weighted by Crippen LogP contribution is -2.51. The third-order valence-electron chi connectivity index (χ3n) is 4.18. The van der Waals surface area contributed by atoms with Gasteiger partial charge in [-0.2, -0.15) is 0 Å². The maximum Gasteiger partial charge on any atom is 0.305 e. The van der Waals surface area contributed by atoms with Crippen LogP contribution in [0, 0.1) is 0 Å². The molecule has 120 valence electrons. The molecule has 1 aliphatic rings. The van der Waals surface area contributed by atoms with E-state index in [9.17, 15) is 9.59 Å². The van der Waals surface area contributed by atoms with Gasteiger partial charge in [-0.1, -0.05) is 42.5 Å². The van der Waals surface area contributed by atoms with E-state index >= 15 is 0 Å². The van der Waals surface area contributed by atoms with Gasteiger partial charge in [-0.15, -0.1) is 0 Å². The SMILES string of the molecule is O=C(O)CC1(NC(=O)Cc2ccc3ccccc3c2)CCOC1. The van der Waals surface area contributed by atoms with Crippen molar-refractivity contribution < 1.29 is 19.4 Å². The van der Waals surface area contributed by atoms with Crippen LogP contribution in [0.25, 0.3) is 10.8 Å². The summed E-state index contributed by atoms with van der Waals surface area (Å²) in [6, 6.07) is 13.9. The molecule has 0 aromatic heterocycles. The van der Waals surface area contributed by atoms with E-state index in [4.69, 9.17) is 9.84 Å². The highest BCUT2D eigenvalue weighted by Crippen LogP contribution is 2.23. The topological polar surface area (TPSA) is 75.6 Å². The Morgan fingerprint density at radius 1 is 1.17 bits per heavy atom. The van der Waals surface area contributed by atoms with Crippen molar-refractivity contribution in [2.75, 3.05) is 13.2 Å². The van der Waals surface area contributed by atoms with Crippen LogP contribution < -0.4 is 5.32 Å². The van der Waals surface area contributed by atoms with Crippen LogP contribution in [0.3, 0.4) is 0 Å². The molecular formula is C18H19NO4. The molecule has 5 heteroatoms. The van der Waals surface area contributed by atoms with Gasteiger partial charge in [0.05, 0.1) is 25.0 Å². The van der Waals surface area contributed by atoms with Crippen LogP contribution in [0.5, 0.6) is 0 Å². The maximum atomic E-state index is 12.3. The molecular weight excluding hydrogens is 294 g/mol. The first-order chi connectivity index (χ1) is 11.1. The number of amides is 1. The number of fused-ring (bicyclic) bond motifs is 1. The summed E-state index contributed by atoms with van der Waals surface area (Å²) in [7, 11) is 0. The average molecular weight is 313 g/mol. The molecule has 1 atom stereocenters. The van der Waals surface area contributed by atoms with E-state index in [2.05, 4.69) is 5.32 Å². The van der Waals surface area contributed by atoms with Gasteiger partial charge < -0.3 is 15.2 Å². The molecule has 1 fully saturated rings. The van der Waals surface area contributed by atoms with Crippen LogP contribution in [0.4, 0.5) is 0 Å². The zero-order chi connectivity index (χ0) is 16.3. The summed E-state index contributed by atoms with van der Waals surface area (Å²) in [6.07, 6.45) is 0.644. The summed E-state index contributed by atoms with van der Waals surface area (Å²) in [5.74, 6) is -1.10. The number of carboxylic acid groups (broad SMARTS) is 1. The van der Waals surface area contributed by atoms with Crippen molar-refractivity contribution in [3.8, 4) is 0 Å². The normalized spacial score (nSPS) is 20.5. The second-order valence-electron chi connectivity index (χ2n) is 6.06. The molecule has 5 nitrogen and oxygen atoms in total. The Hall–Kier alpha value is -2.40. The number of ether oxygens (including phenoxy) is 1. The molecule has 0 aliphatic carbocycles. The second kappa shape index (κ2) is 6.38. The molecule has 1 amide bonds. The van der Waals surface area contributed by atoms with Gasteiger partial charge in [0.25, 0.3) is 0 Å². The number of carbonyl (C=O) groups is 2. The summed E-state index contributed by atoms with van der Waals surface area (Å²) in [6.45, 7) is 0.728. The minimum atomic E-state index is -0.929. The Labute approximate surface area is 134 Å². The van der Waals surface area contributed by atoms with Gasteiger partial charge in [0.1, 0.15) is 0 Å². The highest BCUT2D eigenvalue weighted by Gasteiger charge is 2.38. The molecule has 0 bridgehead atoms. The summed E-state index contributed by atoms with van der Waals surface area (Å²) in [5.41, 5.74) is 0.130. The predicted molar refractivity (Wildman–Crippen MR) is 86.2 cm³/mol. The molecule has 23 heavy (non-hydrogen) atoms. The number of benzene rings is 2. The maximum absolute atomic E-state index is 12.3. The lowest BCUT2D eigenvalue weighted by molar-refractivity contribution is -0.139. The first kappa shape index (κ1) is 15.5. The fourth-order valence-corrected chi connectivity index (χ4v) is 3.05. The van der Waals surface area contributed by atoms with Crippen LogP contribution >= 0.6 is 0 Å². The molecule has 0 spiro atoms. The Morgan fingerprint density at radius 3 is 2.65 bits per heavy atom. The van der Waals surface area contributed by atoms with Crippen LogP contribution in [0.15, 0.2) is 42.5 Å². The van der Waals surface area contributed by atoms with Crippen molar-refractivity contribution in [2.45, 2.75) is 24.8 Å². The molecule has 3 rings (SSSR count). The van der Waals surface area contributed by atoms with Gasteiger partial charge in [-0.25, -0.2) is 0 Å². The van der Waals surface area contributed by atoms with Crippen molar-refractivity contribution in [3.05, 3.63) is 48.0 Å². The van der Waals surface area contributed by atoms with Crippen molar-refractivity contribution in [1.29, 1.82) is 0 Å². The van der Waals surface area contributed by atoms with Crippen LogP contribution in [-0.4, -0.2) is 35.7 Å². The molecule has 1 aliphatic heterocycles. The summed E-state index contributed by atoms with van der Waals surface area (Å²) < 4.78 is 5.29. The van der Waals surface area contributed by atoms with Gasteiger partial charge in [0.15, 0.2) is 0 Å². The summed E-state index contributed by atoms with van der Waals surface area (Å²) >= 11 is 0. The number of carbonyl (C=O) groups excluding carboxylic acids is 1. The van der Waals surface area contributed by atoms with Gasteiger partial charge in [0, 0.05) is 6.61 Å². The quantitative estimate of drug-likeness (QED) is 0.886. The Morgan fingerprint density at radius 2 is 1.96 bits per heavy atom. The van der Waals surface area contributed by atoms with E-state index in [0.29, 0.717) is 13.0 Å². The number of hydrogen-bond donors (Lipinski definition) is 2. The first-order valence-electron chi connectivity index (χ1n) is 7.65. The lowest BCUT2D eigenvalue weighted by Gasteiger charge is -2.27. The number of nitrogens with one attached hydrogen (secondary N) is 1. The Bertz CT molecular complexity index is 735. The first-order valence-corrected chi connectivity index (χ1v) is 7.65. The smallest absolute Gasteiger partial charge is 0.305 e.